The minimum atomic E-state index is -0.719. The zero-order valence-corrected chi connectivity index (χ0v) is 17.9. The Balaban J connectivity index is 1.35. The summed E-state index contributed by atoms with van der Waals surface area (Å²) in [6.07, 6.45) is -0.719. The molecule has 0 aliphatic carbocycles. The second kappa shape index (κ2) is 10.1. The maximum absolute atomic E-state index is 13.4. The smallest absolute Gasteiger partial charge is 0.268 e. The van der Waals surface area contributed by atoms with Crippen molar-refractivity contribution in [1.82, 2.24) is 15.0 Å². The number of piperazine rings is 1. The molecule has 8 nitrogen and oxygen atoms in total. The van der Waals surface area contributed by atoms with Crippen LogP contribution < -0.4 is 10.1 Å². The first-order valence-electron chi connectivity index (χ1n) is 10.6. The van der Waals surface area contributed by atoms with E-state index in [0.717, 1.165) is 5.56 Å². The Kier molecular flexibility index (Phi) is 6.81. The van der Waals surface area contributed by atoms with E-state index in [1.807, 2.05) is 65.6 Å². The van der Waals surface area contributed by atoms with Crippen LogP contribution in [0.5, 0.6) is 5.75 Å². The number of anilines is 1. The Morgan fingerprint density at radius 3 is 2.31 bits per heavy atom. The lowest BCUT2D eigenvalue weighted by atomic mass is 10.1. The molecule has 1 aliphatic heterocycles. The number of para-hydroxylation sites is 1. The van der Waals surface area contributed by atoms with E-state index in [9.17, 15) is 9.59 Å². The van der Waals surface area contributed by atoms with Gasteiger partial charge in [-0.15, -0.1) is 0 Å². The molecular formula is C24H26N4O4. The van der Waals surface area contributed by atoms with Gasteiger partial charge in [0.2, 0.25) is 12.0 Å². The molecule has 8 heteroatoms. The van der Waals surface area contributed by atoms with E-state index in [0.29, 0.717) is 43.5 Å². The van der Waals surface area contributed by atoms with Gasteiger partial charge in [0.15, 0.2) is 5.82 Å². The summed E-state index contributed by atoms with van der Waals surface area (Å²) in [4.78, 5) is 29.4. The molecule has 1 unspecified atom stereocenters. The molecule has 1 aliphatic rings. The van der Waals surface area contributed by atoms with Crippen LogP contribution in [-0.4, -0.2) is 59.5 Å². The minimum absolute atomic E-state index is 0.0813. The van der Waals surface area contributed by atoms with Gasteiger partial charge in [-0.05, 0) is 19.1 Å². The Morgan fingerprint density at radius 1 is 1.03 bits per heavy atom. The third-order valence-electron chi connectivity index (χ3n) is 5.27. The molecule has 32 heavy (non-hydrogen) atoms. The van der Waals surface area contributed by atoms with Crippen LogP contribution in [0, 0.1) is 6.92 Å². The van der Waals surface area contributed by atoms with E-state index < -0.39 is 6.10 Å². The summed E-state index contributed by atoms with van der Waals surface area (Å²) in [7, 11) is 0. The van der Waals surface area contributed by atoms with Crippen molar-refractivity contribution >= 4 is 17.6 Å². The molecule has 4 rings (SSSR count). The van der Waals surface area contributed by atoms with Gasteiger partial charge in [0, 0.05) is 37.8 Å². The topological polar surface area (TPSA) is 87.9 Å². The van der Waals surface area contributed by atoms with E-state index in [4.69, 9.17) is 9.26 Å². The van der Waals surface area contributed by atoms with Crippen molar-refractivity contribution in [2.75, 3.05) is 38.0 Å². The second-order valence-electron chi connectivity index (χ2n) is 7.69. The van der Waals surface area contributed by atoms with Gasteiger partial charge in [-0.25, -0.2) is 0 Å². The van der Waals surface area contributed by atoms with Crippen molar-refractivity contribution in [3.05, 3.63) is 78.1 Å². The van der Waals surface area contributed by atoms with E-state index >= 15 is 0 Å². The number of hydrogen-bond acceptors (Lipinski definition) is 6. The van der Waals surface area contributed by atoms with E-state index in [1.54, 1.807) is 17.9 Å². The normalized spacial score (nSPS) is 15.2. The SMILES string of the molecule is Cc1cc(NC(=O)CN2CCN(C(=O)C(Oc3ccccc3)c3ccccc3)CC2)no1. The number of hydrogen-bond donors (Lipinski definition) is 1. The Hall–Kier alpha value is -3.65. The Bertz CT molecular complexity index is 1030. The number of rotatable bonds is 7. The number of ether oxygens (including phenoxy) is 1. The number of carbonyl (C=O) groups excluding carboxylic acids is 2. The van der Waals surface area contributed by atoms with Gasteiger partial charge in [0.05, 0.1) is 6.54 Å². The standard InChI is InChI=1S/C24H26N4O4/c1-18-16-21(26-32-18)25-22(29)17-27-12-14-28(15-13-27)24(30)23(19-8-4-2-5-9-19)31-20-10-6-3-7-11-20/h2-11,16,23H,12-15,17H2,1H3,(H,25,26,29). The van der Waals surface area contributed by atoms with Gasteiger partial charge in [-0.1, -0.05) is 53.7 Å². The number of aryl methyl sites for hydroxylation is 1. The van der Waals surface area contributed by atoms with Crippen molar-refractivity contribution in [2.24, 2.45) is 0 Å². The van der Waals surface area contributed by atoms with Crippen molar-refractivity contribution in [3.63, 3.8) is 0 Å². The maximum atomic E-state index is 13.4. The summed E-state index contributed by atoms with van der Waals surface area (Å²) in [6, 6.07) is 20.5. The zero-order chi connectivity index (χ0) is 22.3. The molecule has 1 N–H and O–H groups in total. The molecule has 0 spiro atoms. The molecule has 2 aromatic carbocycles. The summed E-state index contributed by atoms with van der Waals surface area (Å²) >= 11 is 0. The van der Waals surface area contributed by atoms with Gasteiger partial charge >= 0.3 is 0 Å². The summed E-state index contributed by atoms with van der Waals surface area (Å²) in [5.41, 5.74) is 0.811. The van der Waals surface area contributed by atoms with Gasteiger partial charge in [0.25, 0.3) is 5.91 Å². The lowest BCUT2D eigenvalue weighted by Crippen LogP contribution is -2.52. The first-order valence-corrected chi connectivity index (χ1v) is 10.6. The summed E-state index contributed by atoms with van der Waals surface area (Å²) < 4.78 is 11.1. The average molecular weight is 434 g/mol. The molecule has 0 saturated carbocycles. The fraction of sp³-hybridized carbons (Fsp3) is 0.292. The summed E-state index contributed by atoms with van der Waals surface area (Å²) in [6.45, 7) is 4.25. The number of carbonyl (C=O) groups is 2. The minimum Gasteiger partial charge on any atom is -0.476 e. The average Bonchev–Trinajstić information content (AvgIpc) is 3.23. The molecule has 2 heterocycles. The van der Waals surface area contributed by atoms with Crippen LogP contribution in [0.2, 0.25) is 0 Å². The lowest BCUT2D eigenvalue weighted by molar-refractivity contribution is -0.141. The lowest BCUT2D eigenvalue weighted by Gasteiger charge is -2.36. The van der Waals surface area contributed by atoms with Crippen LogP contribution in [0.3, 0.4) is 0 Å². The zero-order valence-electron chi connectivity index (χ0n) is 17.9. The van der Waals surface area contributed by atoms with Gasteiger partial charge < -0.3 is 19.5 Å². The molecular weight excluding hydrogens is 408 g/mol. The van der Waals surface area contributed by atoms with E-state index in [2.05, 4.69) is 10.5 Å². The first kappa shape index (κ1) is 21.6. The van der Waals surface area contributed by atoms with Crippen LogP contribution in [0.15, 0.2) is 71.3 Å². The monoisotopic (exact) mass is 434 g/mol. The fourth-order valence-electron chi connectivity index (χ4n) is 3.63. The highest BCUT2D eigenvalue weighted by Gasteiger charge is 2.30. The summed E-state index contributed by atoms with van der Waals surface area (Å²) in [5, 5.41) is 6.50. The van der Waals surface area contributed by atoms with Gasteiger partial charge in [-0.2, -0.15) is 0 Å². The van der Waals surface area contributed by atoms with Crippen molar-refractivity contribution in [3.8, 4) is 5.75 Å². The molecule has 2 amide bonds. The third kappa shape index (κ3) is 5.53. The molecule has 1 fully saturated rings. The number of nitrogens with one attached hydrogen (secondary N) is 1. The quantitative estimate of drug-likeness (QED) is 0.615. The largest absolute Gasteiger partial charge is 0.476 e. The Morgan fingerprint density at radius 2 is 1.69 bits per heavy atom. The van der Waals surface area contributed by atoms with Crippen LogP contribution in [0.1, 0.15) is 17.4 Å². The van der Waals surface area contributed by atoms with Crippen LogP contribution in [0.4, 0.5) is 5.82 Å². The number of aromatic nitrogens is 1. The van der Waals surface area contributed by atoms with Crippen molar-refractivity contribution in [1.29, 1.82) is 0 Å². The Labute approximate surface area is 186 Å². The van der Waals surface area contributed by atoms with E-state index in [1.165, 1.54) is 0 Å². The van der Waals surface area contributed by atoms with Gasteiger partial charge in [0.1, 0.15) is 11.5 Å². The number of amides is 2. The molecule has 0 radical (unpaired) electrons. The fourth-order valence-corrected chi connectivity index (χ4v) is 3.63. The van der Waals surface area contributed by atoms with Crippen LogP contribution >= 0.6 is 0 Å². The van der Waals surface area contributed by atoms with Crippen molar-refractivity contribution in [2.45, 2.75) is 13.0 Å². The van der Waals surface area contributed by atoms with Crippen LogP contribution in [0.25, 0.3) is 0 Å². The molecule has 0 bridgehead atoms. The molecule has 1 atom stereocenters. The van der Waals surface area contributed by atoms with Gasteiger partial charge in [-0.3, -0.25) is 14.5 Å². The highest BCUT2D eigenvalue weighted by atomic mass is 16.5. The third-order valence-corrected chi connectivity index (χ3v) is 5.27. The number of nitrogens with zero attached hydrogens (tertiary/aromatic N) is 3. The highest BCUT2D eigenvalue weighted by Crippen LogP contribution is 2.24. The molecule has 3 aromatic rings. The predicted molar refractivity (Wildman–Crippen MR) is 119 cm³/mol. The maximum Gasteiger partial charge on any atom is 0.268 e. The molecule has 1 saturated heterocycles. The number of benzene rings is 2. The summed E-state index contributed by atoms with van der Waals surface area (Å²) in [5.74, 6) is 1.45. The van der Waals surface area contributed by atoms with E-state index in [-0.39, 0.29) is 18.4 Å². The van der Waals surface area contributed by atoms with Crippen molar-refractivity contribution < 1.29 is 18.8 Å². The molecule has 1 aromatic heterocycles. The van der Waals surface area contributed by atoms with Crippen LogP contribution in [-0.2, 0) is 9.59 Å². The first-order chi connectivity index (χ1) is 15.6. The molecule has 166 valence electrons. The second-order valence-corrected chi connectivity index (χ2v) is 7.69. The predicted octanol–water partition coefficient (Wildman–Crippen LogP) is 2.89. The highest BCUT2D eigenvalue weighted by molar-refractivity contribution is 5.91.